The molecule has 2 aromatic rings. The Morgan fingerprint density at radius 3 is 2.40 bits per heavy atom. The minimum absolute atomic E-state index is 0.224. The van der Waals surface area contributed by atoms with Crippen molar-refractivity contribution in [1.29, 1.82) is 0 Å². The van der Waals surface area contributed by atoms with E-state index in [9.17, 15) is 14.4 Å². The van der Waals surface area contributed by atoms with Crippen LogP contribution in [0, 0.1) is 0 Å². The third-order valence-corrected chi connectivity index (χ3v) is 4.52. The number of carbonyl (C=O) groups excluding carboxylic acids is 2. The lowest BCUT2D eigenvalue weighted by molar-refractivity contribution is -0.141. The molecule has 0 unspecified atom stereocenters. The van der Waals surface area contributed by atoms with Crippen molar-refractivity contribution < 1.29 is 29.0 Å². The lowest BCUT2D eigenvalue weighted by Gasteiger charge is -2.27. The van der Waals surface area contributed by atoms with Crippen molar-refractivity contribution in [2.45, 2.75) is 20.3 Å². The predicted octanol–water partition coefficient (Wildman–Crippen LogP) is 3.48. The Kier molecular flexibility index (Phi) is 6.51. The van der Waals surface area contributed by atoms with Crippen molar-refractivity contribution in [2.75, 3.05) is 19.8 Å². The molecule has 0 radical (unpaired) electrons. The molecule has 2 amide bonds. The normalized spacial score (nSPS) is 14.6. The Bertz CT molecular complexity index is 1010. The van der Waals surface area contributed by atoms with E-state index < -0.39 is 24.3 Å². The maximum atomic E-state index is 13.1. The SMILES string of the molecule is CCCOc1c(/C=C2\C(=O)N(CC(=O)O)C(=O)c3ccccc32)cccc1OCC. The summed E-state index contributed by atoms with van der Waals surface area (Å²) < 4.78 is 11.6. The van der Waals surface area contributed by atoms with E-state index in [-0.39, 0.29) is 11.1 Å². The van der Waals surface area contributed by atoms with Gasteiger partial charge in [-0.25, -0.2) is 0 Å². The van der Waals surface area contributed by atoms with Crippen LogP contribution in [0.25, 0.3) is 11.6 Å². The van der Waals surface area contributed by atoms with Crippen LogP contribution in [0.2, 0.25) is 0 Å². The van der Waals surface area contributed by atoms with Gasteiger partial charge in [0.15, 0.2) is 11.5 Å². The average molecular weight is 409 g/mol. The number of aliphatic carboxylic acids is 1. The van der Waals surface area contributed by atoms with Crippen LogP contribution in [0.15, 0.2) is 42.5 Å². The van der Waals surface area contributed by atoms with E-state index in [2.05, 4.69) is 0 Å². The number of nitrogens with zero attached hydrogens (tertiary/aromatic N) is 1. The highest BCUT2D eigenvalue weighted by atomic mass is 16.5. The lowest BCUT2D eigenvalue weighted by atomic mass is 9.92. The monoisotopic (exact) mass is 409 g/mol. The smallest absolute Gasteiger partial charge is 0.323 e. The van der Waals surface area contributed by atoms with Crippen molar-refractivity contribution in [1.82, 2.24) is 4.90 Å². The van der Waals surface area contributed by atoms with E-state index in [1.54, 1.807) is 48.5 Å². The van der Waals surface area contributed by atoms with E-state index in [1.807, 2.05) is 13.8 Å². The summed E-state index contributed by atoms with van der Waals surface area (Å²) in [7, 11) is 0. The zero-order valence-corrected chi connectivity index (χ0v) is 16.9. The molecule has 0 atom stereocenters. The molecule has 156 valence electrons. The van der Waals surface area contributed by atoms with Gasteiger partial charge >= 0.3 is 5.97 Å². The fourth-order valence-corrected chi connectivity index (χ4v) is 3.25. The molecule has 1 aliphatic heterocycles. The Balaban J connectivity index is 2.17. The van der Waals surface area contributed by atoms with Gasteiger partial charge in [0, 0.05) is 16.7 Å². The summed E-state index contributed by atoms with van der Waals surface area (Å²) in [4.78, 5) is 37.7. The van der Waals surface area contributed by atoms with E-state index in [4.69, 9.17) is 14.6 Å². The topological polar surface area (TPSA) is 93.1 Å². The molecule has 7 heteroatoms. The van der Waals surface area contributed by atoms with Gasteiger partial charge in [0.1, 0.15) is 6.54 Å². The highest BCUT2D eigenvalue weighted by Gasteiger charge is 2.36. The molecule has 0 aromatic heterocycles. The van der Waals surface area contributed by atoms with Crippen molar-refractivity contribution in [3.8, 4) is 11.5 Å². The van der Waals surface area contributed by atoms with Crippen molar-refractivity contribution in [3.63, 3.8) is 0 Å². The molecule has 0 saturated carbocycles. The van der Waals surface area contributed by atoms with Gasteiger partial charge in [0.2, 0.25) is 0 Å². The number of hydrogen-bond acceptors (Lipinski definition) is 5. The summed E-state index contributed by atoms with van der Waals surface area (Å²) in [6.45, 7) is 4.06. The Morgan fingerprint density at radius 1 is 1.00 bits per heavy atom. The van der Waals surface area contributed by atoms with Crippen LogP contribution in [0.4, 0.5) is 0 Å². The number of fused-ring (bicyclic) bond motifs is 1. The molecular weight excluding hydrogens is 386 g/mol. The minimum Gasteiger partial charge on any atom is -0.490 e. The molecule has 7 nitrogen and oxygen atoms in total. The second-order valence-electron chi connectivity index (χ2n) is 6.65. The number of benzene rings is 2. The minimum atomic E-state index is -1.26. The molecule has 1 heterocycles. The average Bonchev–Trinajstić information content (AvgIpc) is 2.73. The number of carbonyl (C=O) groups is 3. The van der Waals surface area contributed by atoms with Gasteiger partial charge in [-0.1, -0.05) is 37.3 Å². The molecule has 1 N–H and O–H groups in total. The summed E-state index contributed by atoms with van der Waals surface area (Å²) in [6.07, 6.45) is 2.41. The summed E-state index contributed by atoms with van der Waals surface area (Å²) >= 11 is 0. The first-order valence-corrected chi connectivity index (χ1v) is 9.75. The van der Waals surface area contributed by atoms with Crippen molar-refractivity contribution >= 4 is 29.4 Å². The Hall–Kier alpha value is -3.61. The molecule has 0 aliphatic carbocycles. The molecule has 30 heavy (non-hydrogen) atoms. The number of carboxylic acids is 1. The van der Waals surface area contributed by atoms with Crippen LogP contribution >= 0.6 is 0 Å². The molecule has 0 fully saturated rings. The molecule has 0 bridgehead atoms. The molecule has 2 aromatic carbocycles. The standard InChI is InChI=1S/C23H23NO6/c1-3-12-30-21-15(8-7-11-19(21)29-4-2)13-18-16-9-5-6-10-17(16)22(27)24(23(18)28)14-20(25)26/h5-11,13H,3-4,12,14H2,1-2H3,(H,25,26)/b18-13-. The fourth-order valence-electron chi connectivity index (χ4n) is 3.25. The zero-order valence-electron chi connectivity index (χ0n) is 16.9. The van der Waals surface area contributed by atoms with Gasteiger partial charge in [0.05, 0.1) is 13.2 Å². The molecular formula is C23H23NO6. The maximum Gasteiger partial charge on any atom is 0.323 e. The summed E-state index contributed by atoms with van der Waals surface area (Å²) in [5.74, 6) is -1.50. The van der Waals surface area contributed by atoms with E-state index in [1.165, 1.54) is 0 Å². The van der Waals surface area contributed by atoms with Crippen molar-refractivity contribution in [3.05, 3.63) is 59.2 Å². The summed E-state index contributed by atoms with van der Waals surface area (Å²) in [6, 6.07) is 12.0. The first kappa shape index (κ1) is 21.1. The van der Waals surface area contributed by atoms with Crippen LogP contribution < -0.4 is 9.47 Å². The number of hydrogen-bond donors (Lipinski definition) is 1. The molecule has 3 rings (SSSR count). The largest absolute Gasteiger partial charge is 0.490 e. The number of para-hydroxylation sites is 1. The first-order chi connectivity index (χ1) is 14.5. The number of amides is 2. The second kappa shape index (κ2) is 9.26. The van der Waals surface area contributed by atoms with Gasteiger partial charge in [-0.15, -0.1) is 0 Å². The third-order valence-electron chi connectivity index (χ3n) is 4.52. The Morgan fingerprint density at radius 2 is 1.73 bits per heavy atom. The number of imide groups is 1. The van der Waals surface area contributed by atoms with Gasteiger partial charge in [-0.3, -0.25) is 19.3 Å². The van der Waals surface area contributed by atoms with Crippen LogP contribution in [0.3, 0.4) is 0 Å². The van der Waals surface area contributed by atoms with Gasteiger partial charge < -0.3 is 14.6 Å². The van der Waals surface area contributed by atoms with Crippen LogP contribution in [-0.2, 0) is 9.59 Å². The summed E-state index contributed by atoms with van der Waals surface area (Å²) in [5.41, 5.74) is 1.57. The van der Waals surface area contributed by atoms with E-state index >= 15 is 0 Å². The van der Waals surface area contributed by atoms with Crippen LogP contribution in [0.1, 0.15) is 41.8 Å². The highest BCUT2D eigenvalue weighted by Crippen LogP contribution is 2.36. The lowest BCUT2D eigenvalue weighted by Crippen LogP contribution is -2.44. The predicted molar refractivity (Wildman–Crippen MR) is 111 cm³/mol. The summed E-state index contributed by atoms with van der Waals surface area (Å²) in [5, 5.41) is 9.16. The van der Waals surface area contributed by atoms with Gasteiger partial charge in [-0.2, -0.15) is 0 Å². The zero-order chi connectivity index (χ0) is 21.7. The second-order valence-corrected chi connectivity index (χ2v) is 6.65. The highest BCUT2D eigenvalue weighted by molar-refractivity contribution is 6.34. The van der Waals surface area contributed by atoms with Gasteiger partial charge in [-0.05, 0) is 37.1 Å². The van der Waals surface area contributed by atoms with Crippen molar-refractivity contribution in [2.24, 2.45) is 0 Å². The van der Waals surface area contributed by atoms with E-state index in [0.717, 1.165) is 11.3 Å². The van der Waals surface area contributed by atoms with Crippen LogP contribution in [-0.4, -0.2) is 47.5 Å². The van der Waals surface area contributed by atoms with Crippen LogP contribution in [0.5, 0.6) is 11.5 Å². The number of rotatable bonds is 8. The molecule has 0 spiro atoms. The molecule has 1 aliphatic rings. The molecule has 0 saturated heterocycles. The van der Waals surface area contributed by atoms with E-state index in [0.29, 0.717) is 35.8 Å². The quantitative estimate of drug-likeness (QED) is 0.530. The number of carboxylic acid groups (broad SMARTS) is 1. The Labute approximate surface area is 174 Å². The number of ether oxygens (including phenoxy) is 2. The third kappa shape index (κ3) is 4.20. The van der Waals surface area contributed by atoms with Gasteiger partial charge in [0.25, 0.3) is 11.8 Å². The first-order valence-electron chi connectivity index (χ1n) is 9.75. The fraction of sp³-hybridized carbons (Fsp3) is 0.261. The maximum absolute atomic E-state index is 13.1.